The molecule has 0 saturated carbocycles. The Balaban J connectivity index is 2.12. The highest BCUT2D eigenvalue weighted by Crippen LogP contribution is 2.19. The molecule has 2 aromatic rings. The van der Waals surface area contributed by atoms with Gasteiger partial charge < -0.3 is 10.1 Å². The van der Waals surface area contributed by atoms with Crippen LogP contribution < -0.4 is 5.32 Å². The fraction of sp³-hybridized carbons (Fsp3) is 0.267. The first kappa shape index (κ1) is 12.6. The summed E-state index contributed by atoms with van der Waals surface area (Å²) < 4.78 is 4.61. The number of hydrogen-bond acceptors (Lipinski definition) is 3. The maximum absolute atomic E-state index is 11.1. The number of benzene rings is 2. The first-order valence-corrected chi connectivity index (χ1v) is 5.99. The van der Waals surface area contributed by atoms with Crippen LogP contribution in [0, 0.1) is 0 Å². The van der Waals surface area contributed by atoms with Crippen molar-refractivity contribution >= 4 is 16.7 Å². The number of nitrogens with one attached hydrogen (secondary N) is 1. The lowest BCUT2D eigenvalue weighted by Gasteiger charge is -2.14. The van der Waals surface area contributed by atoms with Gasteiger partial charge in [0.25, 0.3) is 0 Å². The first-order chi connectivity index (χ1) is 8.70. The van der Waals surface area contributed by atoms with E-state index in [0.29, 0.717) is 0 Å². The van der Waals surface area contributed by atoms with Gasteiger partial charge in [-0.25, -0.2) is 0 Å². The summed E-state index contributed by atoms with van der Waals surface area (Å²) in [5, 5.41) is 5.57. The Labute approximate surface area is 107 Å². The van der Waals surface area contributed by atoms with Crippen molar-refractivity contribution in [2.24, 2.45) is 0 Å². The molecule has 1 atom stereocenters. The third-order valence-corrected chi connectivity index (χ3v) is 3.05. The normalized spacial score (nSPS) is 12.3. The molecule has 0 aliphatic rings. The number of esters is 1. The van der Waals surface area contributed by atoms with Crippen LogP contribution in [0.1, 0.15) is 18.5 Å². The largest absolute Gasteiger partial charge is 0.468 e. The zero-order valence-electron chi connectivity index (χ0n) is 10.6. The SMILES string of the molecule is COC(=O)CNC(C)c1ccc2ccccc2c1. The Morgan fingerprint density at radius 3 is 2.67 bits per heavy atom. The number of carbonyl (C=O) groups excluding carboxylic acids is 1. The van der Waals surface area contributed by atoms with Crippen molar-refractivity contribution in [1.29, 1.82) is 0 Å². The van der Waals surface area contributed by atoms with Crippen molar-refractivity contribution < 1.29 is 9.53 Å². The van der Waals surface area contributed by atoms with E-state index in [0.717, 1.165) is 5.56 Å². The van der Waals surface area contributed by atoms with Gasteiger partial charge in [0.15, 0.2) is 0 Å². The van der Waals surface area contributed by atoms with Crippen LogP contribution in [-0.2, 0) is 9.53 Å². The molecule has 0 aromatic heterocycles. The van der Waals surface area contributed by atoms with E-state index >= 15 is 0 Å². The molecule has 0 aliphatic heterocycles. The van der Waals surface area contributed by atoms with Gasteiger partial charge in [0.2, 0.25) is 0 Å². The lowest BCUT2D eigenvalue weighted by molar-refractivity contribution is -0.139. The van der Waals surface area contributed by atoms with E-state index in [-0.39, 0.29) is 18.6 Å². The maximum atomic E-state index is 11.1. The summed E-state index contributed by atoms with van der Waals surface area (Å²) in [5.41, 5.74) is 1.16. The van der Waals surface area contributed by atoms with Crippen molar-refractivity contribution in [3.8, 4) is 0 Å². The van der Waals surface area contributed by atoms with Gasteiger partial charge in [-0.05, 0) is 29.3 Å². The monoisotopic (exact) mass is 243 g/mol. The molecule has 0 aliphatic carbocycles. The standard InChI is InChI=1S/C15H17NO2/c1-11(16-10-15(17)18-2)13-8-7-12-5-3-4-6-14(12)9-13/h3-9,11,16H,10H2,1-2H3. The third-order valence-electron chi connectivity index (χ3n) is 3.05. The third kappa shape index (κ3) is 2.87. The molecule has 0 amide bonds. The van der Waals surface area contributed by atoms with Crippen LogP contribution >= 0.6 is 0 Å². The van der Waals surface area contributed by atoms with E-state index in [1.165, 1.54) is 17.9 Å². The molecule has 3 heteroatoms. The molecule has 1 unspecified atom stereocenters. The Morgan fingerprint density at radius 1 is 1.22 bits per heavy atom. The van der Waals surface area contributed by atoms with E-state index in [4.69, 9.17) is 0 Å². The van der Waals surface area contributed by atoms with Crippen molar-refractivity contribution in [1.82, 2.24) is 5.32 Å². The molecule has 0 saturated heterocycles. The van der Waals surface area contributed by atoms with Crippen LogP contribution in [0.5, 0.6) is 0 Å². The van der Waals surface area contributed by atoms with Crippen LogP contribution in [0.4, 0.5) is 0 Å². The molecule has 3 nitrogen and oxygen atoms in total. The molecule has 18 heavy (non-hydrogen) atoms. The summed E-state index contributed by atoms with van der Waals surface area (Å²) in [5.74, 6) is -0.248. The molecule has 0 fully saturated rings. The van der Waals surface area contributed by atoms with Crippen LogP contribution in [0.2, 0.25) is 0 Å². The molecular formula is C15H17NO2. The summed E-state index contributed by atoms with van der Waals surface area (Å²) in [4.78, 5) is 11.1. The molecule has 0 spiro atoms. The number of hydrogen-bond donors (Lipinski definition) is 1. The second-order valence-electron chi connectivity index (χ2n) is 4.29. The minimum Gasteiger partial charge on any atom is -0.468 e. The Hall–Kier alpha value is -1.87. The summed E-state index contributed by atoms with van der Waals surface area (Å²) in [6.07, 6.45) is 0. The van der Waals surface area contributed by atoms with Crippen molar-refractivity contribution in [2.75, 3.05) is 13.7 Å². The Kier molecular flexibility index (Phi) is 3.95. The molecule has 2 aromatic carbocycles. The number of ether oxygens (including phenoxy) is 1. The predicted molar refractivity (Wildman–Crippen MR) is 72.4 cm³/mol. The van der Waals surface area contributed by atoms with Gasteiger partial charge in [-0.15, -0.1) is 0 Å². The summed E-state index contributed by atoms with van der Waals surface area (Å²) in [6.45, 7) is 2.26. The average molecular weight is 243 g/mol. The zero-order chi connectivity index (χ0) is 13.0. The maximum Gasteiger partial charge on any atom is 0.319 e. The fourth-order valence-corrected chi connectivity index (χ4v) is 1.90. The second-order valence-corrected chi connectivity index (χ2v) is 4.29. The number of fused-ring (bicyclic) bond motifs is 1. The second kappa shape index (κ2) is 5.65. The van der Waals surface area contributed by atoms with Crippen LogP contribution in [-0.4, -0.2) is 19.6 Å². The molecule has 0 heterocycles. The topological polar surface area (TPSA) is 38.3 Å². The highest BCUT2D eigenvalue weighted by Gasteiger charge is 2.08. The number of carbonyl (C=O) groups is 1. The van der Waals surface area contributed by atoms with Crippen LogP contribution in [0.25, 0.3) is 10.8 Å². The smallest absolute Gasteiger partial charge is 0.319 e. The molecule has 1 N–H and O–H groups in total. The van der Waals surface area contributed by atoms with Gasteiger partial charge >= 0.3 is 5.97 Å². The predicted octanol–water partition coefficient (Wildman–Crippen LogP) is 2.66. The summed E-state index contributed by atoms with van der Waals surface area (Å²) in [6, 6.07) is 14.7. The van der Waals surface area contributed by atoms with Gasteiger partial charge in [0, 0.05) is 6.04 Å². The summed E-state index contributed by atoms with van der Waals surface area (Å²) in [7, 11) is 1.39. The minimum absolute atomic E-state index is 0.119. The lowest BCUT2D eigenvalue weighted by atomic mass is 10.0. The van der Waals surface area contributed by atoms with Crippen molar-refractivity contribution in [3.05, 3.63) is 48.0 Å². The van der Waals surface area contributed by atoms with Gasteiger partial charge in [0.1, 0.15) is 0 Å². The molecule has 2 rings (SSSR count). The van der Waals surface area contributed by atoms with Crippen molar-refractivity contribution in [3.63, 3.8) is 0 Å². The van der Waals surface area contributed by atoms with E-state index in [2.05, 4.69) is 40.4 Å². The van der Waals surface area contributed by atoms with Crippen molar-refractivity contribution in [2.45, 2.75) is 13.0 Å². The molecule has 94 valence electrons. The van der Waals surface area contributed by atoms with E-state index in [1.54, 1.807) is 0 Å². The average Bonchev–Trinajstić information content (AvgIpc) is 2.43. The molecule has 0 bridgehead atoms. The van der Waals surface area contributed by atoms with Gasteiger partial charge in [-0.3, -0.25) is 4.79 Å². The fourth-order valence-electron chi connectivity index (χ4n) is 1.90. The van der Waals surface area contributed by atoms with E-state index < -0.39 is 0 Å². The van der Waals surface area contributed by atoms with E-state index in [1.807, 2.05) is 19.1 Å². The first-order valence-electron chi connectivity index (χ1n) is 5.99. The van der Waals surface area contributed by atoms with Crippen LogP contribution in [0.15, 0.2) is 42.5 Å². The lowest BCUT2D eigenvalue weighted by Crippen LogP contribution is -2.26. The quantitative estimate of drug-likeness (QED) is 0.839. The highest BCUT2D eigenvalue weighted by atomic mass is 16.5. The van der Waals surface area contributed by atoms with Gasteiger partial charge in [-0.2, -0.15) is 0 Å². The Morgan fingerprint density at radius 2 is 1.94 bits per heavy atom. The van der Waals surface area contributed by atoms with Gasteiger partial charge in [0.05, 0.1) is 13.7 Å². The summed E-state index contributed by atoms with van der Waals surface area (Å²) >= 11 is 0. The van der Waals surface area contributed by atoms with E-state index in [9.17, 15) is 4.79 Å². The zero-order valence-corrected chi connectivity index (χ0v) is 10.6. The van der Waals surface area contributed by atoms with Gasteiger partial charge in [-0.1, -0.05) is 36.4 Å². The number of methoxy groups -OCH3 is 1. The molecule has 0 radical (unpaired) electrons. The van der Waals surface area contributed by atoms with Crippen LogP contribution in [0.3, 0.4) is 0 Å². The minimum atomic E-state index is -0.248. The Bertz CT molecular complexity index is 551. The highest BCUT2D eigenvalue weighted by molar-refractivity contribution is 5.83. The number of rotatable bonds is 4. The molecular weight excluding hydrogens is 226 g/mol.